The Balaban J connectivity index is 1.84. The number of rotatable bonds is 4. The lowest BCUT2D eigenvalue weighted by molar-refractivity contribution is 0.173. The summed E-state index contributed by atoms with van der Waals surface area (Å²) in [6.07, 6.45) is 7.66. The SMILES string of the molecule is CCC1CCN(Cc2cnc(NC)cn2)CC1. The Morgan fingerprint density at radius 2 is 2.06 bits per heavy atom. The molecule has 1 aromatic heterocycles. The summed E-state index contributed by atoms with van der Waals surface area (Å²) in [5.74, 6) is 1.77. The predicted octanol–water partition coefficient (Wildman–Crippen LogP) is 2.14. The highest BCUT2D eigenvalue weighted by molar-refractivity contribution is 5.29. The number of nitrogens with zero attached hydrogens (tertiary/aromatic N) is 3. The lowest BCUT2D eigenvalue weighted by Gasteiger charge is -2.31. The standard InChI is InChI=1S/C13H22N4/c1-3-11-4-6-17(7-5-11)10-12-8-16-13(14-2)9-15-12/h8-9,11H,3-7,10H2,1-2H3,(H,14,16). The van der Waals surface area contributed by atoms with E-state index < -0.39 is 0 Å². The summed E-state index contributed by atoms with van der Waals surface area (Å²) in [7, 11) is 1.86. The van der Waals surface area contributed by atoms with E-state index in [1.54, 1.807) is 6.20 Å². The molecule has 2 heterocycles. The Kier molecular flexibility index (Phi) is 4.31. The molecule has 1 aliphatic heterocycles. The molecule has 0 amide bonds. The summed E-state index contributed by atoms with van der Waals surface area (Å²) in [6.45, 7) is 5.64. The fraction of sp³-hybridized carbons (Fsp3) is 0.692. The molecule has 94 valence electrons. The van der Waals surface area contributed by atoms with Crippen molar-refractivity contribution >= 4 is 5.82 Å². The van der Waals surface area contributed by atoms with E-state index in [9.17, 15) is 0 Å². The van der Waals surface area contributed by atoms with Crippen LogP contribution >= 0.6 is 0 Å². The van der Waals surface area contributed by atoms with Crippen molar-refractivity contribution in [2.24, 2.45) is 5.92 Å². The number of likely N-dealkylation sites (tertiary alicyclic amines) is 1. The Hall–Kier alpha value is -1.16. The quantitative estimate of drug-likeness (QED) is 0.866. The zero-order valence-electron chi connectivity index (χ0n) is 10.8. The van der Waals surface area contributed by atoms with Crippen LogP contribution in [0.25, 0.3) is 0 Å². The first-order valence-electron chi connectivity index (χ1n) is 6.53. The van der Waals surface area contributed by atoms with Gasteiger partial charge in [-0.3, -0.25) is 9.88 Å². The minimum absolute atomic E-state index is 0.832. The molecular formula is C13H22N4. The topological polar surface area (TPSA) is 41.1 Å². The number of hydrogen-bond donors (Lipinski definition) is 1. The summed E-state index contributed by atoms with van der Waals surface area (Å²) in [5, 5.41) is 2.98. The number of aromatic nitrogens is 2. The molecule has 0 atom stereocenters. The first kappa shape index (κ1) is 12.3. The smallest absolute Gasteiger partial charge is 0.144 e. The molecule has 0 spiro atoms. The van der Waals surface area contributed by atoms with E-state index in [1.807, 2.05) is 13.2 Å². The van der Waals surface area contributed by atoms with Crippen molar-refractivity contribution in [3.63, 3.8) is 0 Å². The first-order valence-corrected chi connectivity index (χ1v) is 6.53. The minimum atomic E-state index is 0.832. The molecule has 0 unspecified atom stereocenters. The summed E-state index contributed by atoms with van der Waals surface area (Å²) in [5.41, 5.74) is 1.07. The molecule has 0 saturated carbocycles. The zero-order chi connectivity index (χ0) is 12.1. The molecule has 4 nitrogen and oxygen atoms in total. The van der Waals surface area contributed by atoms with E-state index in [-0.39, 0.29) is 0 Å². The van der Waals surface area contributed by atoms with Gasteiger partial charge >= 0.3 is 0 Å². The normalized spacial score (nSPS) is 18.2. The highest BCUT2D eigenvalue weighted by atomic mass is 15.1. The Labute approximate surface area is 103 Å². The van der Waals surface area contributed by atoms with Crippen LogP contribution in [-0.2, 0) is 6.54 Å². The van der Waals surface area contributed by atoms with Crippen LogP contribution in [0.5, 0.6) is 0 Å². The number of hydrogen-bond acceptors (Lipinski definition) is 4. The van der Waals surface area contributed by atoms with Gasteiger partial charge in [-0.2, -0.15) is 0 Å². The Bertz CT molecular complexity index is 328. The first-order chi connectivity index (χ1) is 8.31. The van der Waals surface area contributed by atoms with Crippen molar-refractivity contribution in [3.05, 3.63) is 18.1 Å². The lowest BCUT2D eigenvalue weighted by atomic mass is 9.94. The largest absolute Gasteiger partial charge is 0.372 e. The van der Waals surface area contributed by atoms with Crippen molar-refractivity contribution in [3.8, 4) is 0 Å². The summed E-state index contributed by atoms with van der Waals surface area (Å²) < 4.78 is 0. The van der Waals surface area contributed by atoms with Gasteiger partial charge in [-0.25, -0.2) is 4.98 Å². The summed E-state index contributed by atoms with van der Waals surface area (Å²) in [4.78, 5) is 11.2. The molecule has 17 heavy (non-hydrogen) atoms. The van der Waals surface area contributed by atoms with Crippen LogP contribution in [-0.4, -0.2) is 35.0 Å². The third kappa shape index (κ3) is 3.40. The third-order valence-electron chi connectivity index (χ3n) is 3.63. The van der Waals surface area contributed by atoms with Crippen molar-refractivity contribution in [2.45, 2.75) is 32.7 Å². The van der Waals surface area contributed by atoms with E-state index in [0.29, 0.717) is 0 Å². The molecule has 1 fully saturated rings. The van der Waals surface area contributed by atoms with Gasteiger partial charge in [0.05, 0.1) is 18.1 Å². The lowest BCUT2D eigenvalue weighted by Crippen LogP contribution is -2.33. The number of nitrogens with one attached hydrogen (secondary N) is 1. The fourth-order valence-electron chi connectivity index (χ4n) is 2.35. The second-order valence-corrected chi connectivity index (χ2v) is 4.77. The second-order valence-electron chi connectivity index (χ2n) is 4.77. The van der Waals surface area contributed by atoms with Crippen LogP contribution in [0.2, 0.25) is 0 Å². The van der Waals surface area contributed by atoms with Crippen LogP contribution in [0.1, 0.15) is 31.9 Å². The Morgan fingerprint density at radius 1 is 1.29 bits per heavy atom. The maximum Gasteiger partial charge on any atom is 0.144 e. The van der Waals surface area contributed by atoms with Gasteiger partial charge in [0, 0.05) is 13.6 Å². The van der Waals surface area contributed by atoms with Gasteiger partial charge in [0.15, 0.2) is 0 Å². The maximum absolute atomic E-state index is 4.42. The zero-order valence-corrected chi connectivity index (χ0v) is 10.8. The fourth-order valence-corrected chi connectivity index (χ4v) is 2.35. The van der Waals surface area contributed by atoms with Gasteiger partial charge in [0.25, 0.3) is 0 Å². The molecule has 1 aliphatic rings. The van der Waals surface area contributed by atoms with Crippen molar-refractivity contribution in [2.75, 3.05) is 25.5 Å². The number of anilines is 1. The molecule has 1 N–H and O–H groups in total. The van der Waals surface area contributed by atoms with Crippen LogP contribution < -0.4 is 5.32 Å². The molecule has 0 aliphatic carbocycles. The van der Waals surface area contributed by atoms with E-state index in [4.69, 9.17) is 0 Å². The highest BCUT2D eigenvalue weighted by Gasteiger charge is 2.17. The van der Waals surface area contributed by atoms with Gasteiger partial charge in [0.2, 0.25) is 0 Å². The van der Waals surface area contributed by atoms with E-state index in [2.05, 4.69) is 27.1 Å². The van der Waals surface area contributed by atoms with Gasteiger partial charge in [0.1, 0.15) is 5.82 Å². The van der Waals surface area contributed by atoms with E-state index in [1.165, 1.54) is 32.4 Å². The predicted molar refractivity (Wildman–Crippen MR) is 69.9 cm³/mol. The highest BCUT2D eigenvalue weighted by Crippen LogP contribution is 2.20. The van der Waals surface area contributed by atoms with Gasteiger partial charge in [-0.15, -0.1) is 0 Å². The molecule has 0 aromatic carbocycles. The second kappa shape index (κ2) is 5.96. The van der Waals surface area contributed by atoms with E-state index >= 15 is 0 Å². The molecule has 2 rings (SSSR count). The molecule has 4 heteroatoms. The monoisotopic (exact) mass is 234 g/mol. The minimum Gasteiger partial charge on any atom is -0.372 e. The van der Waals surface area contributed by atoms with Gasteiger partial charge < -0.3 is 5.32 Å². The average molecular weight is 234 g/mol. The van der Waals surface area contributed by atoms with Crippen molar-refractivity contribution in [1.82, 2.24) is 14.9 Å². The van der Waals surface area contributed by atoms with Gasteiger partial charge in [-0.1, -0.05) is 13.3 Å². The van der Waals surface area contributed by atoms with Crippen LogP contribution in [0, 0.1) is 5.92 Å². The molecular weight excluding hydrogens is 212 g/mol. The van der Waals surface area contributed by atoms with Crippen molar-refractivity contribution in [1.29, 1.82) is 0 Å². The van der Waals surface area contributed by atoms with Crippen LogP contribution in [0.4, 0.5) is 5.82 Å². The van der Waals surface area contributed by atoms with Crippen LogP contribution in [0.15, 0.2) is 12.4 Å². The maximum atomic E-state index is 4.42. The summed E-state index contributed by atoms with van der Waals surface area (Å²) in [6, 6.07) is 0. The number of piperidine rings is 1. The molecule has 0 bridgehead atoms. The van der Waals surface area contributed by atoms with Crippen LogP contribution in [0.3, 0.4) is 0 Å². The Morgan fingerprint density at radius 3 is 2.59 bits per heavy atom. The third-order valence-corrected chi connectivity index (χ3v) is 3.63. The molecule has 0 radical (unpaired) electrons. The van der Waals surface area contributed by atoms with Gasteiger partial charge in [-0.05, 0) is 31.8 Å². The molecule has 1 aromatic rings. The average Bonchev–Trinajstić information content (AvgIpc) is 2.40. The summed E-state index contributed by atoms with van der Waals surface area (Å²) >= 11 is 0. The molecule has 1 saturated heterocycles. The van der Waals surface area contributed by atoms with E-state index in [0.717, 1.165) is 24.0 Å². The van der Waals surface area contributed by atoms with Crippen molar-refractivity contribution < 1.29 is 0 Å².